The minimum atomic E-state index is -0.191. The van der Waals surface area contributed by atoms with Crippen molar-refractivity contribution in [3.8, 4) is 0 Å². The zero-order valence-corrected chi connectivity index (χ0v) is 16.6. The summed E-state index contributed by atoms with van der Waals surface area (Å²) in [6, 6.07) is 15.4. The molecule has 0 bridgehead atoms. The van der Waals surface area contributed by atoms with E-state index >= 15 is 0 Å². The van der Waals surface area contributed by atoms with Crippen molar-refractivity contribution in [3.63, 3.8) is 0 Å². The highest BCUT2D eigenvalue weighted by atomic mass is 16.2. The third kappa shape index (κ3) is 4.39. The molecule has 0 atom stereocenters. The second-order valence-electron chi connectivity index (χ2n) is 6.91. The summed E-state index contributed by atoms with van der Waals surface area (Å²) in [7, 11) is 0. The average Bonchev–Trinajstić information content (AvgIpc) is 2.98. The van der Waals surface area contributed by atoms with Crippen LogP contribution in [0.5, 0.6) is 0 Å². The Bertz CT molecular complexity index is 993. The van der Waals surface area contributed by atoms with Gasteiger partial charge in [-0.25, -0.2) is 4.98 Å². The smallest absolute Gasteiger partial charge is 0.244 e. The van der Waals surface area contributed by atoms with Gasteiger partial charge < -0.3 is 14.8 Å². The number of nitrogens with zero attached hydrogens (tertiary/aromatic N) is 3. The van der Waals surface area contributed by atoms with Crippen LogP contribution in [0.15, 0.2) is 48.5 Å². The van der Waals surface area contributed by atoms with Gasteiger partial charge in [-0.1, -0.05) is 37.3 Å². The van der Waals surface area contributed by atoms with E-state index in [1.54, 1.807) is 4.90 Å². The fourth-order valence-electron chi connectivity index (χ4n) is 3.27. The van der Waals surface area contributed by atoms with Crippen LogP contribution in [0.1, 0.15) is 24.7 Å². The molecule has 2 aromatic carbocycles. The first kappa shape index (κ1) is 19.6. The van der Waals surface area contributed by atoms with Crippen molar-refractivity contribution in [2.45, 2.75) is 33.7 Å². The van der Waals surface area contributed by atoms with Gasteiger partial charge in [-0.05, 0) is 44.0 Å². The molecule has 0 aliphatic carbocycles. The van der Waals surface area contributed by atoms with Crippen LogP contribution in [-0.2, 0) is 16.1 Å². The van der Waals surface area contributed by atoms with E-state index in [-0.39, 0.29) is 24.9 Å². The van der Waals surface area contributed by atoms with E-state index < -0.39 is 0 Å². The Morgan fingerprint density at radius 1 is 1.07 bits per heavy atom. The SMILES string of the molecule is CCCN(CC(=O)Nc1ccccc1C)C(=O)Cn1c(C)nc2ccccc21. The third-order valence-corrected chi connectivity index (χ3v) is 4.74. The lowest BCUT2D eigenvalue weighted by atomic mass is 10.2. The highest BCUT2D eigenvalue weighted by Gasteiger charge is 2.19. The number of amides is 2. The highest BCUT2D eigenvalue weighted by molar-refractivity contribution is 5.95. The van der Waals surface area contributed by atoms with Gasteiger partial charge in [0.15, 0.2) is 0 Å². The minimum Gasteiger partial charge on any atom is -0.332 e. The molecule has 0 radical (unpaired) electrons. The minimum absolute atomic E-state index is 0.0344. The number of nitrogens with one attached hydrogen (secondary N) is 1. The lowest BCUT2D eigenvalue weighted by molar-refractivity contribution is -0.135. The zero-order valence-electron chi connectivity index (χ0n) is 16.6. The molecular formula is C22H26N4O2. The molecule has 3 rings (SSSR count). The highest BCUT2D eigenvalue weighted by Crippen LogP contribution is 2.16. The number of para-hydroxylation sites is 3. The number of hydrogen-bond acceptors (Lipinski definition) is 3. The number of imidazole rings is 1. The standard InChI is InChI=1S/C22H26N4O2/c1-4-13-25(14-21(27)24-18-10-6-5-9-16(18)2)22(28)15-26-17(3)23-19-11-7-8-12-20(19)26/h5-12H,4,13-15H2,1-3H3,(H,24,27). The molecule has 28 heavy (non-hydrogen) atoms. The lowest BCUT2D eigenvalue weighted by Crippen LogP contribution is -2.40. The molecule has 0 fully saturated rings. The van der Waals surface area contributed by atoms with Gasteiger partial charge in [0.2, 0.25) is 11.8 Å². The normalized spacial score (nSPS) is 10.8. The fraction of sp³-hybridized carbons (Fsp3) is 0.318. The van der Waals surface area contributed by atoms with Crippen LogP contribution in [0.25, 0.3) is 11.0 Å². The fourth-order valence-corrected chi connectivity index (χ4v) is 3.27. The molecule has 6 nitrogen and oxygen atoms in total. The summed E-state index contributed by atoms with van der Waals surface area (Å²) >= 11 is 0. The van der Waals surface area contributed by atoms with E-state index in [9.17, 15) is 9.59 Å². The number of rotatable bonds is 7. The first-order chi connectivity index (χ1) is 13.5. The molecule has 0 saturated carbocycles. The molecular weight excluding hydrogens is 352 g/mol. The predicted octanol–water partition coefficient (Wildman–Crippen LogP) is 3.53. The Kier molecular flexibility index (Phi) is 6.09. The summed E-state index contributed by atoms with van der Waals surface area (Å²) < 4.78 is 1.90. The number of anilines is 1. The number of aryl methyl sites for hydroxylation is 2. The van der Waals surface area contributed by atoms with Crippen LogP contribution in [0, 0.1) is 13.8 Å². The lowest BCUT2D eigenvalue weighted by Gasteiger charge is -2.22. The Morgan fingerprint density at radius 2 is 1.79 bits per heavy atom. The largest absolute Gasteiger partial charge is 0.332 e. The average molecular weight is 378 g/mol. The van der Waals surface area contributed by atoms with Crippen LogP contribution in [0.4, 0.5) is 5.69 Å². The van der Waals surface area contributed by atoms with Gasteiger partial charge in [0.05, 0.1) is 17.6 Å². The molecule has 6 heteroatoms. The Balaban J connectivity index is 1.72. The second kappa shape index (κ2) is 8.69. The van der Waals surface area contributed by atoms with E-state index in [4.69, 9.17) is 0 Å². The maximum absolute atomic E-state index is 12.9. The van der Waals surface area contributed by atoms with Gasteiger partial charge in [-0.3, -0.25) is 9.59 Å². The molecule has 1 N–H and O–H groups in total. The molecule has 146 valence electrons. The van der Waals surface area contributed by atoms with Crippen molar-refractivity contribution in [1.82, 2.24) is 14.5 Å². The molecule has 0 saturated heterocycles. The summed E-state index contributed by atoms with van der Waals surface area (Å²) in [5, 5.41) is 2.90. The van der Waals surface area contributed by atoms with E-state index in [1.807, 2.05) is 73.9 Å². The summed E-state index contributed by atoms with van der Waals surface area (Å²) in [5.41, 5.74) is 3.55. The molecule has 0 aliphatic rings. The van der Waals surface area contributed by atoms with Crippen LogP contribution < -0.4 is 5.32 Å². The monoisotopic (exact) mass is 378 g/mol. The molecule has 3 aromatic rings. The van der Waals surface area contributed by atoms with Crippen LogP contribution in [0.2, 0.25) is 0 Å². The van der Waals surface area contributed by atoms with Crippen molar-refractivity contribution in [3.05, 3.63) is 59.9 Å². The van der Waals surface area contributed by atoms with Gasteiger partial charge in [0.1, 0.15) is 12.4 Å². The summed E-state index contributed by atoms with van der Waals surface area (Å²) in [5.74, 6) is 0.506. The van der Waals surface area contributed by atoms with Gasteiger partial charge in [0, 0.05) is 12.2 Å². The summed E-state index contributed by atoms with van der Waals surface area (Å²) in [6.07, 6.45) is 0.785. The summed E-state index contributed by atoms with van der Waals surface area (Å²) in [4.78, 5) is 31.6. The number of benzene rings is 2. The first-order valence-corrected chi connectivity index (χ1v) is 9.54. The quantitative estimate of drug-likeness (QED) is 0.684. The van der Waals surface area contributed by atoms with E-state index in [0.717, 1.165) is 34.5 Å². The Hall–Kier alpha value is -3.15. The number of aromatic nitrogens is 2. The van der Waals surface area contributed by atoms with Crippen LogP contribution >= 0.6 is 0 Å². The number of carbonyl (C=O) groups excluding carboxylic acids is 2. The number of hydrogen-bond donors (Lipinski definition) is 1. The Labute approximate surface area is 165 Å². The van der Waals surface area contributed by atoms with Crippen molar-refractivity contribution in [2.75, 3.05) is 18.4 Å². The van der Waals surface area contributed by atoms with Gasteiger partial charge >= 0.3 is 0 Å². The third-order valence-electron chi connectivity index (χ3n) is 4.74. The number of fused-ring (bicyclic) bond motifs is 1. The Morgan fingerprint density at radius 3 is 2.54 bits per heavy atom. The number of carbonyl (C=O) groups is 2. The van der Waals surface area contributed by atoms with Crippen molar-refractivity contribution < 1.29 is 9.59 Å². The van der Waals surface area contributed by atoms with E-state index in [1.165, 1.54) is 0 Å². The van der Waals surface area contributed by atoms with Crippen LogP contribution in [0.3, 0.4) is 0 Å². The topological polar surface area (TPSA) is 67.2 Å². The van der Waals surface area contributed by atoms with Crippen molar-refractivity contribution in [1.29, 1.82) is 0 Å². The van der Waals surface area contributed by atoms with E-state index in [2.05, 4.69) is 10.3 Å². The maximum Gasteiger partial charge on any atom is 0.244 e. The molecule has 0 spiro atoms. The van der Waals surface area contributed by atoms with Crippen LogP contribution in [-0.4, -0.2) is 39.4 Å². The van der Waals surface area contributed by atoms with E-state index in [0.29, 0.717) is 6.54 Å². The van der Waals surface area contributed by atoms with Crippen molar-refractivity contribution in [2.24, 2.45) is 0 Å². The molecule has 0 aliphatic heterocycles. The van der Waals surface area contributed by atoms with Crippen molar-refractivity contribution >= 4 is 28.5 Å². The van der Waals surface area contributed by atoms with Gasteiger partial charge in [0.25, 0.3) is 0 Å². The van der Waals surface area contributed by atoms with Gasteiger partial charge in [-0.15, -0.1) is 0 Å². The maximum atomic E-state index is 12.9. The molecule has 2 amide bonds. The molecule has 0 unspecified atom stereocenters. The predicted molar refractivity (Wildman–Crippen MR) is 111 cm³/mol. The second-order valence-corrected chi connectivity index (χ2v) is 6.91. The molecule has 1 heterocycles. The summed E-state index contributed by atoms with van der Waals surface area (Å²) in [6.45, 7) is 6.57. The zero-order chi connectivity index (χ0) is 20.1. The first-order valence-electron chi connectivity index (χ1n) is 9.54. The van der Waals surface area contributed by atoms with Gasteiger partial charge in [-0.2, -0.15) is 0 Å². The molecule has 1 aromatic heterocycles.